The number of nitrogens with zero attached hydrogens (tertiary/aromatic N) is 1. The van der Waals surface area contributed by atoms with Crippen LogP contribution in [-0.4, -0.2) is 17.1 Å². The van der Waals surface area contributed by atoms with Crippen LogP contribution in [0.3, 0.4) is 0 Å². The maximum atomic E-state index is 12.8. The largest absolute Gasteiger partial charge is 0.380 e. The van der Waals surface area contributed by atoms with Gasteiger partial charge in [0.25, 0.3) is 5.91 Å². The lowest BCUT2D eigenvalue weighted by Crippen LogP contribution is -2.28. The van der Waals surface area contributed by atoms with Crippen molar-refractivity contribution in [1.82, 2.24) is 10.5 Å². The fourth-order valence-electron chi connectivity index (χ4n) is 3.21. The summed E-state index contributed by atoms with van der Waals surface area (Å²) >= 11 is 0. The molecule has 0 saturated heterocycles. The summed E-state index contributed by atoms with van der Waals surface area (Å²) in [6, 6.07) is 19.5. The molecule has 3 amide bonds. The normalized spacial score (nSPS) is 10.6. The van der Waals surface area contributed by atoms with Crippen molar-refractivity contribution in [3.63, 3.8) is 0 Å². The number of urea groups is 1. The second-order valence-corrected chi connectivity index (χ2v) is 7.02. The number of fused-ring (bicyclic) bond motifs is 1. The van der Waals surface area contributed by atoms with E-state index in [1.807, 2.05) is 49.4 Å². The van der Waals surface area contributed by atoms with Crippen LogP contribution >= 0.6 is 0 Å². The fraction of sp³-hybridized carbons (Fsp3) is 0.0870. The monoisotopic (exact) mass is 415 g/mol. The molecule has 0 saturated carbocycles. The summed E-state index contributed by atoms with van der Waals surface area (Å²) in [6.45, 7) is 2.25. The van der Waals surface area contributed by atoms with E-state index in [2.05, 4.69) is 21.1 Å². The predicted octanol–water partition coefficient (Wildman–Crippen LogP) is 4.29. The topological polar surface area (TPSA) is 122 Å². The molecule has 0 fully saturated rings. The highest BCUT2D eigenvalue weighted by molar-refractivity contribution is 6.14. The first-order valence-electron chi connectivity index (χ1n) is 9.66. The summed E-state index contributed by atoms with van der Waals surface area (Å²) in [5, 5.41) is 12.7. The molecule has 8 nitrogen and oxygen atoms in total. The second kappa shape index (κ2) is 8.58. The number of hydrogen-bond donors (Lipinski definition) is 4. The van der Waals surface area contributed by atoms with Gasteiger partial charge in [0.05, 0.1) is 10.9 Å². The van der Waals surface area contributed by atoms with Crippen LogP contribution in [0.2, 0.25) is 0 Å². The number of anilines is 3. The number of aryl methyl sites for hydroxylation is 1. The third-order valence-corrected chi connectivity index (χ3v) is 4.85. The van der Waals surface area contributed by atoms with Crippen molar-refractivity contribution < 1.29 is 14.1 Å². The second-order valence-electron chi connectivity index (χ2n) is 7.02. The van der Waals surface area contributed by atoms with Crippen molar-refractivity contribution >= 4 is 40.1 Å². The van der Waals surface area contributed by atoms with Crippen LogP contribution in [0.5, 0.6) is 0 Å². The van der Waals surface area contributed by atoms with Crippen molar-refractivity contribution in [2.24, 2.45) is 0 Å². The minimum Gasteiger partial charge on any atom is -0.380 e. The minimum absolute atomic E-state index is 0.166. The zero-order valence-corrected chi connectivity index (χ0v) is 16.8. The standard InChI is InChI=1S/C23H21N5O3/c1-14-10-11-17(12-15(14)13-25-23(30)27-16-6-3-2-4-7-16)26-22(29)18-8-5-9-19-20(18)21(24)28-31-19/h2-12H,13H2,1H3,(H2,24,28)(H,26,29)(H2,25,27,30). The van der Waals surface area contributed by atoms with Crippen LogP contribution < -0.4 is 21.7 Å². The van der Waals surface area contributed by atoms with Gasteiger partial charge in [0.15, 0.2) is 11.4 Å². The Labute approximate surface area is 178 Å². The van der Waals surface area contributed by atoms with Gasteiger partial charge in [-0.25, -0.2) is 4.79 Å². The first-order valence-corrected chi connectivity index (χ1v) is 9.66. The van der Waals surface area contributed by atoms with Crippen LogP contribution in [-0.2, 0) is 6.54 Å². The Balaban J connectivity index is 1.45. The third-order valence-electron chi connectivity index (χ3n) is 4.85. The quantitative estimate of drug-likeness (QED) is 0.387. The van der Waals surface area contributed by atoms with Crippen molar-refractivity contribution in [2.45, 2.75) is 13.5 Å². The molecule has 0 aliphatic heterocycles. The molecule has 0 aliphatic rings. The number of hydrogen-bond acceptors (Lipinski definition) is 5. The van der Waals surface area contributed by atoms with Gasteiger partial charge in [-0.3, -0.25) is 4.79 Å². The minimum atomic E-state index is -0.329. The van der Waals surface area contributed by atoms with E-state index in [0.29, 0.717) is 34.5 Å². The van der Waals surface area contributed by atoms with Gasteiger partial charge in [-0.1, -0.05) is 35.5 Å². The fourth-order valence-corrected chi connectivity index (χ4v) is 3.21. The van der Waals surface area contributed by atoms with Crippen molar-refractivity contribution in [1.29, 1.82) is 0 Å². The number of benzene rings is 3. The van der Waals surface area contributed by atoms with Crippen LogP contribution in [0.1, 0.15) is 21.5 Å². The van der Waals surface area contributed by atoms with Gasteiger partial charge in [-0.15, -0.1) is 0 Å². The summed E-state index contributed by atoms with van der Waals surface area (Å²) in [7, 11) is 0. The molecule has 0 spiro atoms. The average Bonchev–Trinajstić information content (AvgIpc) is 3.16. The number of para-hydroxylation sites is 1. The molecule has 4 rings (SSSR count). The molecule has 8 heteroatoms. The Morgan fingerprint density at radius 2 is 1.77 bits per heavy atom. The Kier molecular flexibility index (Phi) is 5.53. The predicted molar refractivity (Wildman–Crippen MR) is 120 cm³/mol. The number of rotatable bonds is 5. The van der Waals surface area contributed by atoms with E-state index in [1.54, 1.807) is 24.3 Å². The number of carbonyl (C=O) groups excluding carboxylic acids is 2. The number of carbonyl (C=O) groups is 2. The SMILES string of the molecule is Cc1ccc(NC(=O)c2cccc3onc(N)c23)cc1CNC(=O)Nc1ccccc1. The summed E-state index contributed by atoms with van der Waals surface area (Å²) < 4.78 is 5.12. The molecule has 4 aromatic rings. The first-order chi connectivity index (χ1) is 15.0. The Morgan fingerprint density at radius 1 is 0.968 bits per heavy atom. The molecule has 0 radical (unpaired) electrons. The number of nitrogen functional groups attached to an aromatic ring is 1. The van der Waals surface area contributed by atoms with Crippen LogP contribution in [0.25, 0.3) is 11.0 Å². The van der Waals surface area contributed by atoms with Crippen LogP contribution in [0.4, 0.5) is 22.0 Å². The van der Waals surface area contributed by atoms with E-state index in [4.69, 9.17) is 10.3 Å². The van der Waals surface area contributed by atoms with Crippen LogP contribution in [0.15, 0.2) is 71.3 Å². The number of nitrogens with one attached hydrogen (secondary N) is 3. The molecule has 0 bridgehead atoms. The summed E-state index contributed by atoms with van der Waals surface area (Å²) in [5.41, 5.74) is 9.84. The van der Waals surface area contributed by atoms with Gasteiger partial charge < -0.3 is 26.2 Å². The van der Waals surface area contributed by atoms with E-state index in [-0.39, 0.29) is 17.8 Å². The molecule has 0 atom stereocenters. The number of aromatic nitrogens is 1. The molecule has 31 heavy (non-hydrogen) atoms. The molecular formula is C23H21N5O3. The zero-order valence-electron chi connectivity index (χ0n) is 16.8. The lowest BCUT2D eigenvalue weighted by Gasteiger charge is -2.12. The Morgan fingerprint density at radius 3 is 2.58 bits per heavy atom. The number of amides is 3. The average molecular weight is 415 g/mol. The van der Waals surface area contributed by atoms with E-state index in [9.17, 15) is 9.59 Å². The zero-order chi connectivity index (χ0) is 21.8. The molecule has 0 aliphatic carbocycles. The summed E-state index contributed by atoms with van der Waals surface area (Å²) in [6.07, 6.45) is 0. The molecule has 156 valence electrons. The van der Waals surface area contributed by atoms with E-state index < -0.39 is 0 Å². The van der Waals surface area contributed by atoms with Crippen molar-refractivity contribution in [3.8, 4) is 0 Å². The maximum absolute atomic E-state index is 12.8. The molecule has 0 unspecified atom stereocenters. The van der Waals surface area contributed by atoms with E-state index in [0.717, 1.165) is 11.1 Å². The molecule has 1 heterocycles. The Hall–Kier alpha value is -4.33. The molecule has 1 aromatic heterocycles. The Bertz CT molecular complexity index is 1250. The first kappa shape index (κ1) is 20.0. The smallest absolute Gasteiger partial charge is 0.319 e. The van der Waals surface area contributed by atoms with Crippen LogP contribution in [0, 0.1) is 6.92 Å². The number of nitrogens with two attached hydrogens (primary N) is 1. The van der Waals surface area contributed by atoms with Gasteiger partial charge in [0, 0.05) is 17.9 Å². The lowest BCUT2D eigenvalue weighted by atomic mass is 10.1. The highest BCUT2D eigenvalue weighted by atomic mass is 16.5. The van der Waals surface area contributed by atoms with Gasteiger partial charge in [-0.05, 0) is 54.4 Å². The molecular weight excluding hydrogens is 394 g/mol. The van der Waals surface area contributed by atoms with Crippen molar-refractivity contribution in [3.05, 3.63) is 83.4 Å². The summed E-state index contributed by atoms with van der Waals surface area (Å²) in [5.74, 6) is -0.163. The molecule has 5 N–H and O–H groups in total. The van der Waals surface area contributed by atoms with Gasteiger partial charge in [0.2, 0.25) is 0 Å². The van der Waals surface area contributed by atoms with E-state index in [1.165, 1.54) is 0 Å². The highest BCUT2D eigenvalue weighted by Gasteiger charge is 2.16. The van der Waals surface area contributed by atoms with E-state index >= 15 is 0 Å². The lowest BCUT2D eigenvalue weighted by molar-refractivity contribution is 0.102. The maximum Gasteiger partial charge on any atom is 0.319 e. The van der Waals surface area contributed by atoms with Gasteiger partial charge in [0.1, 0.15) is 0 Å². The highest BCUT2D eigenvalue weighted by Crippen LogP contribution is 2.25. The third kappa shape index (κ3) is 4.48. The summed E-state index contributed by atoms with van der Waals surface area (Å²) in [4.78, 5) is 25.0. The van der Waals surface area contributed by atoms with Gasteiger partial charge in [-0.2, -0.15) is 0 Å². The van der Waals surface area contributed by atoms with Crippen molar-refractivity contribution in [2.75, 3.05) is 16.4 Å². The van der Waals surface area contributed by atoms with Gasteiger partial charge >= 0.3 is 6.03 Å². The molecule has 3 aromatic carbocycles.